The van der Waals surface area contributed by atoms with Crippen molar-refractivity contribution in [2.75, 3.05) is 5.32 Å². The lowest BCUT2D eigenvalue weighted by molar-refractivity contribution is 0.102. The van der Waals surface area contributed by atoms with Crippen molar-refractivity contribution < 1.29 is 9.21 Å². The van der Waals surface area contributed by atoms with E-state index in [1.54, 1.807) is 12.3 Å². The first-order valence-corrected chi connectivity index (χ1v) is 7.63. The molecular formula is C16H15N3O2S. The molecular weight excluding hydrogens is 298 g/mol. The molecule has 0 aliphatic carbocycles. The molecule has 0 spiro atoms. The number of carbonyl (C=O) groups is 1. The highest BCUT2D eigenvalue weighted by Crippen LogP contribution is 2.29. The molecule has 3 heterocycles. The summed E-state index contributed by atoms with van der Waals surface area (Å²) in [5.41, 5.74) is 1.72. The molecule has 0 aromatic carbocycles. The lowest BCUT2D eigenvalue weighted by Gasteiger charge is -2.02. The van der Waals surface area contributed by atoms with Gasteiger partial charge in [0.2, 0.25) is 0 Å². The Labute approximate surface area is 132 Å². The van der Waals surface area contributed by atoms with Crippen LogP contribution in [0.3, 0.4) is 0 Å². The Morgan fingerprint density at radius 1 is 1.18 bits per heavy atom. The van der Waals surface area contributed by atoms with E-state index in [1.165, 1.54) is 11.3 Å². The minimum atomic E-state index is -0.208. The highest BCUT2D eigenvalue weighted by atomic mass is 32.1. The van der Waals surface area contributed by atoms with Crippen molar-refractivity contribution in [2.45, 2.75) is 20.8 Å². The van der Waals surface area contributed by atoms with Crippen LogP contribution in [0.15, 0.2) is 34.9 Å². The van der Waals surface area contributed by atoms with Crippen LogP contribution in [-0.4, -0.2) is 15.9 Å². The van der Waals surface area contributed by atoms with Gasteiger partial charge >= 0.3 is 0 Å². The van der Waals surface area contributed by atoms with Crippen molar-refractivity contribution in [1.29, 1.82) is 0 Å². The average molecular weight is 313 g/mol. The summed E-state index contributed by atoms with van der Waals surface area (Å²) in [4.78, 5) is 21.5. The van der Waals surface area contributed by atoms with Gasteiger partial charge in [0.1, 0.15) is 16.5 Å². The lowest BCUT2D eigenvalue weighted by Crippen LogP contribution is -2.12. The molecule has 0 saturated heterocycles. The molecule has 5 nitrogen and oxygen atoms in total. The van der Waals surface area contributed by atoms with Gasteiger partial charge in [0.15, 0.2) is 10.8 Å². The van der Waals surface area contributed by atoms with E-state index in [4.69, 9.17) is 4.42 Å². The fraction of sp³-hybridized carbons (Fsp3) is 0.188. The van der Waals surface area contributed by atoms with Gasteiger partial charge in [-0.25, -0.2) is 9.97 Å². The molecule has 0 fully saturated rings. The molecule has 0 aliphatic rings. The first-order chi connectivity index (χ1) is 10.5. The first kappa shape index (κ1) is 14.5. The van der Waals surface area contributed by atoms with Crippen LogP contribution in [0, 0.1) is 20.8 Å². The summed E-state index contributed by atoms with van der Waals surface area (Å²) < 4.78 is 5.55. The van der Waals surface area contributed by atoms with Gasteiger partial charge < -0.3 is 9.73 Å². The quantitative estimate of drug-likeness (QED) is 0.794. The molecule has 3 aromatic heterocycles. The number of pyridine rings is 1. The second kappa shape index (κ2) is 5.73. The van der Waals surface area contributed by atoms with Crippen LogP contribution in [-0.2, 0) is 0 Å². The van der Waals surface area contributed by atoms with E-state index in [0.717, 1.165) is 11.3 Å². The van der Waals surface area contributed by atoms with Crippen LogP contribution in [0.25, 0.3) is 10.8 Å². The third-order valence-electron chi connectivity index (χ3n) is 3.11. The van der Waals surface area contributed by atoms with Gasteiger partial charge in [-0.1, -0.05) is 6.07 Å². The van der Waals surface area contributed by atoms with Crippen molar-refractivity contribution in [3.8, 4) is 10.8 Å². The summed E-state index contributed by atoms with van der Waals surface area (Å²) in [5, 5.41) is 3.49. The van der Waals surface area contributed by atoms with Crippen molar-refractivity contribution in [3.63, 3.8) is 0 Å². The average Bonchev–Trinajstić information content (AvgIpc) is 3.07. The predicted octanol–water partition coefficient (Wildman–Crippen LogP) is 3.98. The number of carbonyl (C=O) groups excluding carboxylic acids is 1. The van der Waals surface area contributed by atoms with E-state index in [2.05, 4.69) is 15.3 Å². The molecule has 0 unspecified atom stereocenters. The lowest BCUT2D eigenvalue weighted by atomic mass is 10.3. The molecule has 1 amide bonds. The molecule has 1 N–H and O–H groups in total. The number of anilines is 1. The zero-order valence-electron chi connectivity index (χ0n) is 12.5. The Bertz CT molecular complexity index is 818. The standard InChI is InChI=1S/C16H15N3O2S/c1-9-4-7-13(17-8-9)19-15(20)14-11(3)18-16(22-14)12-6-5-10(2)21-12/h4-8H,1-3H3,(H,17,19,20). The van der Waals surface area contributed by atoms with E-state index in [1.807, 2.05) is 39.0 Å². The minimum absolute atomic E-state index is 0.208. The zero-order chi connectivity index (χ0) is 15.7. The topological polar surface area (TPSA) is 68.0 Å². The molecule has 0 atom stereocenters. The fourth-order valence-electron chi connectivity index (χ4n) is 1.98. The Kier molecular flexibility index (Phi) is 3.77. The summed E-state index contributed by atoms with van der Waals surface area (Å²) in [6, 6.07) is 7.42. The third-order valence-corrected chi connectivity index (χ3v) is 4.28. The summed E-state index contributed by atoms with van der Waals surface area (Å²) in [7, 11) is 0. The molecule has 112 valence electrons. The summed E-state index contributed by atoms with van der Waals surface area (Å²) in [6.45, 7) is 5.64. The van der Waals surface area contributed by atoms with Crippen LogP contribution in [0.5, 0.6) is 0 Å². The third kappa shape index (κ3) is 2.92. The second-order valence-electron chi connectivity index (χ2n) is 5.02. The maximum Gasteiger partial charge on any atom is 0.268 e. The van der Waals surface area contributed by atoms with Gasteiger partial charge in [-0.15, -0.1) is 11.3 Å². The van der Waals surface area contributed by atoms with Gasteiger partial charge in [0.25, 0.3) is 5.91 Å². The number of nitrogens with one attached hydrogen (secondary N) is 1. The molecule has 0 saturated carbocycles. The van der Waals surface area contributed by atoms with E-state index < -0.39 is 0 Å². The maximum atomic E-state index is 12.4. The SMILES string of the molecule is Cc1ccc(NC(=O)c2sc(-c3ccc(C)o3)nc2C)nc1. The van der Waals surface area contributed by atoms with E-state index >= 15 is 0 Å². The Morgan fingerprint density at radius 2 is 2.00 bits per heavy atom. The number of aryl methyl sites for hydroxylation is 3. The van der Waals surface area contributed by atoms with Crippen LogP contribution in [0.1, 0.15) is 26.7 Å². The van der Waals surface area contributed by atoms with Crippen molar-refractivity contribution in [1.82, 2.24) is 9.97 Å². The number of furan rings is 1. The summed E-state index contributed by atoms with van der Waals surface area (Å²) >= 11 is 1.31. The van der Waals surface area contributed by atoms with Crippen LogP contribution >= 0.6 is 11.3 Å². The highest BCUT2D eigenvalue weighted by Gasteiger charge is 2.18. The smallest absolute Gasteiger partial charge is 0.268 e. The molecule has 22 heavy (non-hydrogen) atoms. The first-order valence-electron chi connectivity index (χ1n) is 6.81. The number of amides is 1. The largest absolute Gasteiger partial charge is 0.459 e. The van der Waals surface area contributed by atoms with Gasteiger partial charge in [-0.3, -0.25) is 4.79 Å². The Morgan fingerprint density at radius 3 is 2.64 bits per heavy atom. The molecule has 3 aromatic rings. The monoisotopic (exact) mass is 313 g/mol. The fourth-order valence-corrected chi connectivity index (χ4v) is 2.90. The van der Waals surface area contributed by atoms with Gasteiger partial charge in [0, 0.05) is 6.20 Å². The van der Waals surface area contributed by atoms with E-state index in [0.29, 0.717) is 27.2 Å². The highest BCUT2D eigenvalue weighted by molar-refractivity contribution is 7.17. The minimum Gasteiger partial charge on any atom is -0.459 e. The van der Waals surface area contributed by atoms with Crippen molar-refractivity contribution in [2.24, 2.45) is 0 Å². The van der Waals surface area contributed by atoms with E-state index in [9.17, 15) is 4.79 Å². The van der Waals surface area contributed by atoms with Crippen molar-refractivity contribution in [3.05, 3.63) is 52.4 Å². The van der Waals surface area contributed by atoms with Crippen molar-refractivity contribution >= 4 is 23.1 Å². The summed E-state index contributed by atoms with van der Waals surface area (Å²) in [5.74, 6) is 1.82. The number of thiazole rings is 1. The number of aromatic nitrogens is 2. The van der Waals surface area contributed by atoms with Crippen LogP contribution in [0.2, 0.25) is 0 Å². The van der Waals surface area contributed by atoms with Crippen LogP contribution < -0.4 is 5.32 Å². The molecule has 0 bridgehead atoms. The van der Waals surface area contributed by atoms with Gasteiger partial charge in [-0.05, 0) is 44.5 Å². The van der Waals surface area contributed by atoms with Crippen LogP contribution in [0.4, 0.5) is 5.82 Å². The number of hydrogen-bond acceptors (Lipinski definition) is 5. The molecule has 0 aliphatic heterocycles. The molecule has 3 rings (SSSR count). The van der Waals surface area contributed by atoms with E-state index in [-0.39, 0.29) is 5.91 Å². The maximum absolute atomic E-state index is 12.4. The van der Waals surface area contributed by atoms with Gasteiger partial charge in [0.05, 0.1) is 5.69 Å². The molecule has 6 heteroatoms. The number of nitrogens with zero attached hydrogens (tertiary/aromatic N) is 2. The summed E-state index contributed by atoms with van der Waals surface area (Å²) in [6.07, 6.45) is 1.71. The second-order valence-corrected chi connectivity index (χ2v) is 6.02. The van der Waals surface area contributed by atoms with Gasteiger partial charge in [-0.2, -0.15) is 0 Å². The number of rotatable bonds is 3. The molecule has 0 radical (unpaired) electrons. The zero-order valence-corrected chi connectivity index (χ0v) is 13.3. The Balaban J connectivity index is 1.83. The number of hydrogen-bond donors (Lipinski definition) is 1. The Hall–Kier alpha value is -2.47. The predicted molar refractivity (Wildman–Crippen MR) is 86.2 cm³/mol. The normalized spacial score (nSPS) is 10.7.